The van der Waals surface area contributed by atoms with Crippen molar-refractivity contribution in [1.29, 1.82) is 0 Å². The standard InChI is InChI=1S/C24H27N3O4S/c1-3-17-9-5-6-10-22(17)26(2)32(30,31)18-11-12-21-19(15-18)23(28)20(16-25-21)24(29)27-13-7-4-8-14-27/h5-6,9-12,15-16H,3-4,7-8,13-14H2,1-2H3,(H,25,28). The zero-order chi connectivity index (χ0) is 22.9. The number of aryl methyl sites for hydroxylation is 1. The molecule has 2 aromatic carbocycles. The van der Waals surface area contributed by atoms with E-state index in [2.05, 4.69) is 4.98 Å². The molecular weight excluding hydrogens is 426 g/mol. The summed E-state index contributed by atoms with van der Waals surface area (Å²) in [5, 5.41) is 0.186. The smallest absolute Gasteiger partial charge is 0.264 e. The number of anilines is 1. The molecular formula is C24H27N3O4S. The van der Waals surface area contributed by atoms with Crippen molar-refractivity contribution >= 4 is 32.5 Å². The van der Waals surface area contributed by atoms with E-state index in [4.69, 9.17) is 0 Å². The number of amides is 1. The quantitative estimate of drug-likeness (QED) is 0.640. The molecule has 0 unspecified atom stereocenters. The number of aromatic nitrogens is 1. The lowest BCUT2D eigenvalue weighted by Gasteiger charge is -2.26. The van der Waals surface area contributed by atoms with Gasteiger partial charge in [-0.2, -0.15) is 0 Å². The average molecular weight is 454 g/mol. The van der Waals surface area contributed by atoms with Gasteiger partial charge >= 0.3 is 0 Å². The summed E-state index contributed by atoms with van der Waals surface area (Å²) in [7, 11) is -2.39. The molecule has 4 rings (SSSR count). The topological polar surface area (TPSA) is 90.6 Å². The number of para-hydroxylation sites is 1. The van der Waals surface area contributed by atoms with Crippen LogP contribution in [-0.4, -0.2) is 44.3 Å². The summed E-state index contributed by atoms with van der Waals surface area (Å²) in [4.78, 5) is 30.7. The molecule has 0 spiro atoms. The maximum absolute atomic E-state index is 13.4. The van der Waals surface area contributed by atoms with E-state index >= 15 is 0 Å². The van der Waals surface area contributed by atoms with Gasteiger partial charge in [-0.15, -0.1) is 0 Å². The molecule has 7 nitrogen and oxygen atoms in total. The Morgan fingerprint density at radius 1 is 1.09 bits per heavy atom. The molecule has 3 aromatic rings. The van der Waals surface area contributed by atoms with Crippen LogP contribution in [0, 0.1) is 0 Å². The number of sulfonamides is 1. The van der Waals surface area contributed by atoms with Crippen molar-refractivity contribution in [3.05, 3.63) is 70.0 Å². The van der Waals surface area contributed by atoms with Crippen LogP contribution in [0.25, 0.3) is 10.9 Å². The molecule has 0 aliphatic carbocycles. The van der Waals surface area contributed by atoms with E-state index in [0.717, 1.165) is 24.8 Å². The van der Waals surface area contributed by atoms with Gasteiger partial charge in [0, 0.05) is 37.2 Å². The Labute approximate surface area is 187 Å². The van der Waals surface area contributed by atoms with Crippen LogP contribution in [0.1, 0.15) is 42.1 Å². The number of aromatic amines is 1. The number of nitrogens with zero attached hydrogens (tertiary/aromatic N) is 2. The third-order valence-corrected chi connectivity index (χ3v) is 7.86. The molecule has 2 heterocycles. The van der Waals surface area contributed by atoms with Crippen molar-refractivity contribution in [3.63, 3.8) is 0 Å². The number of carbonyl (C=O) groups excluding carboxylic acids is 1. The van der Waals surface area contributed by atoms with E-state index in [1.807, 2.05) is 19.1 Å². The van der Waals surface area contributed by atoms with Crippen LogP contribution >= 0.6 is 0 Å². The van der Waals surface area contributed by atoms with Crippen molar-refractivity contribution in [3.8, 4) is 0 Å². The average Bonchev–Trinajstić information content (AvgIpc) is 2.83. The van der Waals surface area contributed by atoms with Gasteiger partial charge in [0.05, 0.1) is 10.6 Å². The van der Waals surface area contributed by atoms with Crippen molar-refractivity contribution in [1.82, 2.24) is 9.88 Å². The zero-order valence-electron chi connectivity index (χ0n) is 18.3. The van der Waals surface area contributed by atoms with E-state index in [9.17, 15) is 18.0 Å². The highest BCUT2D eigenvalue weighted by Crippen LogP contribution is 2.27. The van der Waals surface area contributed by atoms with Gasteiger partial charge in [-0.25, -0.2) is 8.42 Å². The molecule has 0 bridgehead atoms. The Morgan fingerprint density at radius 3 is 2.53 bits per heavy atom. The highest BCUT2D eigenvalue weighted by Gasteiger charge is 2.25. The highest BCUT2D eigenvalue weighted by atomic mass is 32.2. The maximum atomic E-state index is 13.4. The molecule has 1 saturated heterocycles. The number of carbonyl (C=O) groups is 1. The molecule has 1 fully saturated rings. The van der Waals surface area contributed by atoms with Gasteiger partial charge in [0.2, 0.25) is 5.43 Å². The fourth-order valence-electron chi connectivity index (χ4n) is 4.19. The number of hydrogen-bond donors (Lipinski definition) is 1. The summed E-state index contributed by atoms with van der Waals surface area (Å²) < 4.78 is 28.0. The summed E-state index contributed by atoms with van der Waals surface area (Å²) >= 11 is 0. The minimum absolute atomic E-state index is 0.00600. The molecule has 32 heavy (non-hydrogen) atoms. The molecule has 1 aliphatic heterocycles. The van der Waals surface area contributed by atoms with Crippen molar-refractivity contribution < 1.29 is 13.2 Å². The van der Waals surface area contributed by atoms with E-state index in [1.54, 1.807) is 23.1 Å². The first-order chi connectivity index (χ1) is 15.3. The lowest BCUT2D eigenvalue weighted by Crippen LogP contribution is -2.38. The van der Waals surface area contributed by atoms with Crippen molar-refractivity contribution in [2.75, 3.05) is 24.4 Å². The highest BCUT2D eigenvalue weighted by molar-refractivity contribution is 7.92. The summed E-state index contributed by atoms with van der Waals surface area (Å²) in [6.45, 7) is 3.23. The second-order valence-electron chi connectivity index (χ2n) is 8.05. The Morgan fingerprint density at radius 2 is 1.81 bits per heavy atom. The molecule has 0 saturated carbocycles. The fraction of sp³-hybridized carbons (Fsp3) is 0.333. The van der Waals surface area contributed by atoms with Crippen LogP contribution in [0.5, 0.6) is 0 Å². The van der Waals surface area contributed by atoms with Crippen LogP contribution in [0.15, 0.2) is 58.4 Å². The molecule has 1 aromatic heterocycles. The van der Waals surface area contributed by atoms with Crippen LogP contribution in [0.2, 0.25) is 0 Å². The van der Waals surface area contributed by atoms with Gasteiger partial charge in [0.15, 0.2) is 0 Å². The lowest BCUT2D eigenvalue weighted by atomic mass is 10.1. The summed E-state index contributed by atoms with van der Waals surface area (Å²) in [5.74, 6) is -0.310. The second kappa shape index (κ2) is 8.78. The maximum Gasteiger partial charge on any atom is 0.264 e. The monoisotopic (exact) mass is 453 g/mol. The van der Waals surface area contributed by atoms with Crippen LogP contribution in [-0.2, 0) is 16.4 Å². The zero-order valence-corrected chi connectivity index (χ0v) is 19.1. The number of hydrogen-bond acceptors (Lipinski definition) is 4. The molecule has 1 amide bonds. The number of fused-ring (bicyclic) bond motifs is 1. The third kappa shape index (κ3) is 3.90. The molecule has 0 atom stereocenters. The van der Waals surface area contributed by atoms with Gasteiger partial charge in [-0.3, -0.25) is 13.9 Å². The first kappa shape index (κ1) is 22.1. The number of nitrogens with one attached hydrogen (secondary N) is 1. The van der Waals surface area contributed by atoms with Crippen molar-refractivity contribution in [2.45, 2.75) is 37.5 Å². The minimum Gasteiger partial charge on any atom is -0.360 e. The van der Waals surface area contributed by atoms with E-state index in [1.165, 1.54) is 29.7 Å². The number of rotatable bonds is 5. The largest absolute Gasteiger partial charge is 0.360 e. The van der Waals surface area contributed by atoms with E-state index in [0.29, 0.717) is 30.7 Å². The first-order valence-corrected chi connectivity index (χ1v) is 12.3. The van der Waals surface area contributed by atoms with E-state index < -0.39 is 15.5 Å². The summed E-state index contributed by atoms with van der Waals surface area (Å²) in [6, 6.07) is 11.7. The van der Waals surface area contributed by atoms with E-state index in [-0.39, 0.29) is 21.8 Å². The van der Waals surface area contributed by atoms with Gasteiger partial charge in [0.1, 0.15) is 5.56 Å². The Bertz CT molecular complexity index is 1320. The number of H-pyrrole nitrogens is 1. The van der Waals surface area contributed by atoms with Gasteiger partial charge in [-0.1, -0.05) is 25.1 Å². The number of benzene rings is 2. The second-order valence-corrected chi connectivity index (χ2v) is 10.0. The number of likely N-dealkylation sites (tertiary alicyclic amines) is 1. The Kier molecular flexibility index (Phi) is 6.06. The minimum atomic E-state index is -3.90. The SMILES string of the molecule is CCc1ccccc1N(C)S(=O)(=O)c1ccc2[nH]cc(C(=O)N3CCCCC3)c(=O)c2c1. The predicted octanol–water partition coefficient (Wildman–Crippen LogP) is 3.54. The number of pyridine rings is 1. The van der Waals surface area contributed by atoms with Gasteiger partial charge in [-0.05, 0) is 55.5 Å². The van der Waals surface area contributed by atoms with Gasteiger partial charge < -0.3 is 9.88 Å². The third-order valence-electron chi connectivity index (χ3n) is 6.10. The normalized spacial score (nSPS) is 14.5. The summed E-state index contributed by atoms with van der Waals surface area (Å²) in [6.07, 6.45) is 5.04. The fourth-order valence-corrected chi connectivity index (χ4v) is 5.45. The van der Waals surface area contributed by atoms with Crippen LogP contribution in [0.3, 0.4) is 0 Å². The Hall–Kier alpha value is -3.13. The van der Waals surface area contributed by atoms with Crippen LogP contribution in [0.4, 0.5) is 5.69 Å². The predicted molar refractivity (Wildman–Crippen MR) is 126 cm³/mol. The molecule has 0 radical (unpaired) electrons. The summed E-state index contributed by atoms with van der Waals surface area (Å²) in [5.41, 5.74) is 1.58. The molecule has 1 N–H and O–H groups in total. The molecule has 8 heteroatoms. The molecule has 168 valence electrons. The molecule has 1 aliphatic rings. The van der Waals surface area contributed by atoms with Gasteiger partial charge in [0.25, 0.3) is 15.9 Å². The number of piperidine rings is 1. The van der Waals surface area contributed by atoms with Crippen LogP contribution < -0.4 is 9.73 Å². The Balaban J connectivity index is 1.76. The van der Waals surface area contributed by atoms with Crippen molar-refractivity contribution in [2.24, 2.45) is 0 Å². The lowest BCUT2D eigenvalue weighted by molar-refractivity contribution is 0.0723. The first-order valence-electron chi connectivity index (χ1n) is 10.9.